The van der Waals surface area contributed by atoms with Crippen LogP contribution in [0.5, 0.6) is 0 Å². The number of rotatable bonds is 3. The molecule has 3 nitrogen and oxygen atoms in total. The van der Waals surface area contributed by atoms with E-state index >= 15 is 0 Å². The molecule has 1 atom stereocenters. The molecular weight excluding hydrogens is 118 g/mol. The van der Waals surface area contributed by atoms with E-state index < -0.39 is 5.97 Å². The van der Waals surface area contributed by atoms with E-state index in [9.17, 15) is 4.79 Å². The average Bonchev–Trinajstić information content (AvgIpc) is 1.83. The minimum Gasteiger partial charge on any atom is -0.478 e. The lowest BCUT2D eigenvalue weighted by molar-refractivity contribution is -0.131. The van der Waals surface area contributed by atoms with E-state index in [-0.39, 0.29) is 6.04 Å². The maximum Gasteiger partial charge on any atom is 0.328 e. The van der Waals surface area contributed by atoms with Crippen LogP contribution < -0.4 is 5.73 Å². The fourth-order valence-electron chi connectivity index (χ4n) is 0.272. The number of nitrogens with two attached hydrogens (primary N) is 1. The maximum absolute atomic E-state index is 9.84. The normalized spacial score (nSPS) is 13.4. The van der Waals surface area contributed by atoms with Crippen LogP contribution in [0.25, 0.3) is 0 Å². The van der Waals surface area contributed by atoms with Crippen molar-refractivity contribution in [3.63, 3.8) is 0 Å². The predicted molar refractivity (Wildman–Crippen MR) is 34.9 cm³/mol. The summed E-state index contributed by atoms with van der Waals surface area (Å²) in [6, 6.07) is -0.360. The van der Waals surface area contributed by atoms with E-state index in [4.69, 9.17) is 10.8 Å². The summed E-state index contributed by atoms with van der Waals surface area (Å²) in [5.74, 6) is -0.993. The SMILES string of the molecule is C=CC(N)/C=C/C(=O)O. The van der Waals surface area contributed by atoms with Crippen LogP contribution in [0.2, 0.25) is 0 Å². The summed E-state index contributed by atoms with van der Waals surface area (Å²) in [6.45, 7) is 3.37. The first-order chi connectivity index (χ1) is 4.16. The molecule has 0 rings (SSSR count). The Morgan fingerprint density at radius 1 is 1.78 bits per heavy atom. The Morgan fingerprint density at radius 2 is 2.33 bits per heavy atom. The molecule has 0 fully saturated rings. The summed E-state index contributed by atoms with van der Waals surface area (Å²) in [5, 5.41) is 8.08. The lowest BCUT2D eigenvalue weighted by Gasteiger charge is -1.92. The zero-order valence-electron chi connectivity index (χ0n) is 4.95. The predicted octanol–water partition coefficient (Wildman–Crippen LogP) is 0.140. The first-order valence-electron chi connectivity index (χ1n) is 2.46. The molecule has 0 aromatic carbocycles. The molecule has 0 bridgehead atoms. The molecule has 0 saturated heterocycles. The molecule has 0 aliphatic heterocycles. The van der Waals surface area contributed by atoms with Crippen molar-refractivity contribution in [3.05, 3.63) is 24.8 Å². The number of carboxylic acid groups (broad SMARTS) is 1. The van der Waals surface area contributed by atoms with Crippen LogP contribution in [0.4, 0.5) is 0 Å². The van der Waals surface area contributed by atoms with Gasteiger partial charge >= 0.3 is 5.97 Å². The van der Waals surface area contributed by atoms with Gasteiger partial charge in [0, 0.05) is 12.1 Å². The molecule has 3 heteroatoms. The largest absolute Gasteiger partial charge is 0.478 e. The van der Waals surface area contributed by atoms with Gasteiger partial charge in [-0.05, 0) is 0 Å². The van der Waals surface area contributed by atoms with Gasteiger partial charge in [0.2, 0.25) is 0 Å². The van der Waals surface area contributed by atoms with Crippen molar-refractivity contribution in [2.45, 2.75) is 6.04 Å². The Hall–Kier alpha value is -1.09. The fourth-order valence-corrected chi connectivity index (χ4v) is 0.272. The van der Waals surface area contributed by atoms with Crippen molar-refractivity contribution in [1.82, 2.24) is 0 Å². The number of hydrogen-bond acceptors (Lipinski definition) is 2. The first kappa shape index (κ1) is 7.91. The van der Waals surface area contributed by atoms with E-state index in [1.807, 2.05) is 0 Å². The summed E-state index contributed by atoms with van der Waals surface area (Å²) in [7, 11) is 0. The monoisotopic (exact) mass is 127 g/mol. The number of hydrogen-bond donors (Lipinski definition) is 2. The molecular formula is C6H9NO2. The molecule has 50 valence electrons. The second-order valence-electron chi connectivity index (χ2n) is 1.51. The number of carbonyl (C=O) groups is 1. The Kier molecular flexibility index (Phi) is 3.39. The van der Waals surface area contributed by atoms with Crippen LogP contribution in [0.3, 0.4) is 0 Å². The van der Waals surface area contributed by atoms with Gasteiger partial charge in [0.25, 0.3) is 0 Å². The fraction of sp³-hybridized carbons (Fsp3) is 0.167. The van der Waals surface area contributed by atoms with Crippen LogP contribution in [0, 0.1) is 0 Å². The molecule has 0 aliphatic carbocycles. The minimum absolute atomic E-state index is 0.360. The smallest absolute Gasteiger partial charge is 0.328 e. The summed E-state index contributed by atoms with van der Waals surface area (Å²) in [6.07, 6.45) is 3.81. The van der Waals surface area contributed by atoms with Crippen molar-refractivity contribution >= 4 is 5.97 Å². The summed E-state index contributed by atoms with van der Waals surface area (Å²) >= 11 is 0. The number of aliphatic carboxylic acids is 1. The highest BCUT2D eigenvalue weighted by molar-refractivity contribution is 5.79. The van der Waals surface area contributed by atoms with Gasteiger partial charge in [-0.1, -0.05) is 12.2 Å². The average molecular weight is 127 g/mol. The Balaban J connectivity index is 3.69. The van der Waals surface area contributed by atoms with Crippen molar-refractivity contribution in [2.75, 3.05) is 0 Å². The van der Waals surface area contributed by atoms with E-state index in [0.29, 0.717) is 0 Å². The molecule has 0 radical (unpaired) electrons. The highest BCUT2D eigenvalue weighted by Gasteiger charge is 1.88. The van der Waals surface area contributed by atoms with Gasteiger partial charge in [-0.2, -0.15) is 0 Å². The zero-order chi connectivity index (χ0) is 7.28. The van der Waals surface area contributed by atoms with Gasteiger partial charge in [-0.3, -0.25) is 0 Å². The lowest BCUT2D eigenvalue weighted by atomic mass is 10.3. The quantitative estimate of drug-likeness (QED) is 0.418. The Labute approximate surface area is 53.5 Å². The van der Waals surface area contributed by atoms with Crippen LogP contribution in [-0.2, 0) is 4.79 Å². The maximum atomic E-state index is 9.84. The molecule has 1 unspecified atom stereocenters. The second-order valence-corrected chi connectivity index (χ2v) is 1.51. The minimum atomic E-state index is -0.993. The summed E-state index contributed by atoms with van der Waals surface area (Å²) in [5.41, 5.74) is 5.25. The lowest BCUT2D eigenvalue weighted by Crippen LogP contribution is -2.12. The molecule has 0 spiro atoms. The third-order valence-electron chi connectivity index (χ3n) is 0.733. The van der Waals surface area contributed by atoms with Crippen LogP contribution in [0.1, 0.15) is 0 Å². The topological polar surface area (TPSA) is 63.3 Å². The first-order valence-corrected chi connectivity index (χ1v) is 2.46. The zero-order valence-corrected chi connectivity index (χ0v) is 4.95. The molecule has 0 heterocycles. The standard InChI is InChI=1S/C6H9NO2/c1-2-5(7)3-4-6(8)9/h2-5H,1,7H2,(H,8,9)/b4-3+. The van der Waals surface area contributed by atoms with Crippen molar-refractivity contribution in [3.8, 4) is 0 Å². The van der Waals surface area contributed by atoms with E-state index in [1.54, 1.807) is 0 Å². The highest BCUT2D eigenvalue weighted by Crippen LogP contribution is 1.81. The van der Waals surface area contributed by atoms with Crippen molar-refractivity contribution in [2.24, 2.45) is 5.73 Å². The van der Waals surface area contributed by atoms with Crippen LogP contribution >= 0.6 is 0 Å². The molecule has 0 aromatic heterocycles. The molecule has 0 aliphatic rings. The Bertz CT molecular complexity index is 140. The van der Waals surface area contributed by atoms with Gasteiger partial charge in [-0.15, -0.1) is 6.58 Å². The van der Waals surface area contributed by atoms with Gasteiger partial charge in [0.05, 0.1) is 0 Å². The molecule has 3 N–H and O–H groups in total. The summed E-state index contributed by atoms with van der Waals surface area (Å²) in [4.78, 5) is 9.84. The molecule has 9 heavy (non-hydrogen) atoms. The van der Waals surface area contributed by atoms with Gasteiger partial charge < -0.3 is 10.8 Å². The summed E-state index contributed by atoms with van der Waals surface area (Å²) < 4.78 is 0. The van der Waals surface area contributed by atoms with Gasteiger partial charge in [0.15, 0.2) is 0 Å². The number of carboxylic acids is 1. The highest BCUT2D eigenvalue weighted by atomic mass is 16.4. The van der Waals surface area contributed by atoms with E-state index in [0.717, 1.165) is 6.08 Å². The van der Waals surface area contributed by atoms with E-state index in [1.165, 1.54) is 12.2 Å². The third-order valence-corrected chi connectivity index (χ3v) is 0.733. The molecule has 0 saturated carbocycles. The van der Waals surface area contributed by atoms with Gasteiger partial charge in [0.1, 0.15) is 0 Å². The molecule has 0 amide bonds. The van der Waals surface area contributed by atoms with Crippen molar-refractivity contribution < 1.29 is 9.90 Å². The molecule has 0 aromatic rings. The Morgan fingerprint density at radius 3 is 2.67 bits per heavy atom. The van der Waals surface area contributed by atoms with Crippen molar-refractivity contribution in [1.29, 1.82) is 0 Å². The van der Waals surface area contributed by atoms with E-state index in [2.05, 4.69) is 6.58 Å². The van der Waals surface area contributed by atoms with Crippen LogP contribution in [0.15, 0.2) is 24.8 Å². The van der Waals surface area contributed by atoms with Gasteiger partial charge in [-0.25, -0.2) is 4.79 Å². The third kappa shape index (κ3) is 4.77. The van der Waals surface area contributed by atoms with Crippen LogP contribution in [-0.4, -0.2) is 17.1 Å². The second kappa shape index (κ2) is 3.86.